The molecule has 0 saturated carbocycles. The maximum Gasteiger partial charge on any atom is 0.277 e. The van der Waals surface area contributed by atoms with E-state index < -0.39 is 0 Å². The predicted octanol–water partition coefficient (Wildman–Crippen LogP) is 3.00. The first-order valence-corrected chi connectivity index (χ1v) is 7.28. The second kappa shape index (κ2) is 6.61. The third-order valence-electron chi connectivity index (χ3n) is 3.85. The number of hydrogen-bond acceptors (Lipinski definition) is 2. The molecule has 0 spiro atoms. The van der Waals surface area contributed by atoms with E-state index in [-0.39, 0.29) is 6.73 Å². The molecule has 2 aromatic carbocycles. The minimum Gasteiger partial charge on any atom is -0.428 e. The molecule has 0 saturated heterocycles. The molecule has 3 aromatic rings. The van der Waals surface area contributed by atoms with E-state index >= 15 is 0 Å². The standard InChI is InChI=1S/C17H19BN2O/c19-12-21-18-11-16(13-4-2-1-3-5-13)14-6-7-17-15(10-14)8-9-20-17/h1-10,16,18,20H,11-12,19H2. The van der Waals surface area contributed by atoms with Gasteiger partial charge >= 0.3 is 0 Å². The van der Waals surface area contributed by atoms with Crippen LogP contribution in [-0.2, 0) is 4.65 Å². The third kappa shape index (κ3) is 3.18. The second-order valence-corrected chi connectivity index (χ2v) is 5.15. The molecule has 1 unspecified atom stereocenters. The van der Waals surface area contributed by atoms with Crippen molar-refractivity contribution in [2.45, 2.75) is 12.2 Å². The lowest BCUT2D eigenvalue weighted by Gasteiger charge is -2.17. The summed E-state index contributed by atoms with van der Waals surface area (Å²) in [5.74, 6) is 0.331. The minimum absolute atomic E-state index is 0.276. The van der Waals surface area contributed by atoms with Crippen molar-refractivity contribution < 1.29 is 4.65 Å². The Morgan fingerprint density at radius 1 is 1.05 bits per heavy atom. The van der Waals surface area contributed by atoms with Crippen LogP contribution in [0.4, 0.5) is 0 Å². The van der Waals surface area contributed by atoms with E-state index in [1.54, 1.807) is 0 Å². The van der Waals surface area contributed by atoms with E-state index in [4.69, 9.17) is 10.4 Å². The Morgan fingerprint density at radius 2 is 1.90 bits per heavy atom. The van der Waals surface area contributed by atoms with Crippen molar-refractivity contribution >= 4 is 18.4 Å². The number of aromatic amines is 1. The Bertz CT molecular complexity index is 696. The van der Waals surface area contributed by atoms with Crippen LogP contribution >= 0.6 is 0 Å². The van der Waals surface area contributed by atoms with Crippen LogP contribution in [0, 0.1) is 0 Å². The molecule has 1 heterocycles. The summed E-state index contributed by atoms with van der Waals surface area (Å²) in [4.78, 5) is 3.24. The molecule has 3 N–H and O–H groups in total. The van der Waals surface area contributed by atoms with Crippen molar-refractivity contribution in [1.29, 1.82) is 0 Å². The average Bonchev–Trinajstić information content (AvgIpc) is 3.00. The number of nitrogens with two attached hydrogens (primary N) is 1. The van der Waals surface area contributed by atoms with E-state index in [1.807, 2.05) is 12.3 Å². The number of H-pyrrole nitrogens is 1. The second-order valence-electron chi connectivity index (χ2n) is 5.15. The molecular formula is C17H19BN2O. The van der Waals surface area contributed by atoms with Gasteiger partial charge in [0, 0.05) is 17.6 Å². The largest absolute Gasteiger partial charge is 0.428 e. The summed E-state index contributed by atoms with van der Waals surface area (Å²) in [6.45, 7) is 0.276. The maximum atomic E-state index is 5.43. The van der Waals surface area contributed by atoms with Gasteiger partial charge in [-0.05, 0) is 41.0 Å². The Labute approximate surface area is 125 Å². The zero-order valence-corrected chi connectivity index (χ0v) is 12.0. The van der Waals surface area contributed by atoms with Crippen molar-refractivity contribution in [2.24, 2.45) is 5.73 Å². The Balaban J connectivity index is 1.93. The van der Waals surface area contributed by atoms with Crippen LogP contribution < -0.4 is 5.73 Å². The fraction of sp³-hybridized carbons (Fsp3) is 0.176. The van der Waals surface area contributed by atoms with E-state index in [0.29, 0.717) is 13.4 Å². The number of fused-ring (bicyclic) bond motifs is 1. The lowest BCUT2D eigenvalue weighted by molar-refractivity contribution is 0.347. The van der Waals surface area contributed by atoms with Crippen LogP contribution in [-0.4, -0.2) is 19.2 Å². The molecule has 0 bridgehead atoms. The maximum absolute atomic E-state index is 5.43. The molecule has 106 valence electrons. The zero-order chi connectivity index (χ0) is 14.5. The smallest absolute Gasteiger partial charge is 0.277 e. The number of rotatable bonds is 6. The SMILES string of the molecule is NCOBCC(c1ccccc1)c1ccc2[nH]ccc2c1. The van der Waals surface area contributed by atoms with Gasteiger partial charge in [-0.2, -0.15) is 0 Å². The minimum atomic E-state index is 0.276. The van der Waals surface area contributed by atoms with Crippen molar-refractivity contribution in [3.63, 3.8) is 0 Å². The number of nitrogens with one attached hydrogen (secondary N) is 1. The molecule has 0 fully saturated rings. The fourth-order valence-electron chi connectivity index (χ4n) is 2.78. The molecule has 1 aromatic heterocycles. The summed E-state index contributed by atoms with van der Waals surface area (Å²) in [6.07, 6.45) is 2.90. The Hall–Kier alpha value is -2.04. The van der Waals surface area contributed by atoms with Crippen molar-refractivity contribution in [1.82, 2.24) is 4.98 Å². The van der Waals surface area contributed by atoms with E-state index in [9.17, 15) is 0 Å². The Kier molecular flexibility index (Phi) is 4.38. The number of hydrogen-bond donors (Lipinski definition) is 2. The molecular weight excluding hydrogens is 259 g/mol. The highest BCUT2D eigenvalue weighted by Gasteiger charge is 2.15. The predicted molar refractivity (Wildman–Crippen MR) is 88.7 cm³/mol. The van der Waals surface area contributed by atoms with Crippen LogP contribution in [0.15, 0.2) is 60.8 Å². The van der Waals surface area contributed by atoms with Crippen LogP contribution in [0.2, 0.25) is 6.32 Å². The first-order chi connectivity index (χ1) is 10.4. The summed E-state index contributed by atoms with van der Waals surface area (Å²) >= 11 is 0. The van der Waals surface area contributed by atoms with Gasteiger partial charge in [-0.25, -0.2) is 0 Å². The molecule has 21 heavy (non-hydrogen) atoms. The summed E-state index contributed by atoms with van der Waals surface area (Å²) in [5, 5.41) is 1.24. The van der Waals surface area contributed by atoms with Gasteiger partial charge in [0.1, 0.15) is 0 Å². The van der Waals surface area contributed by atoms with Gasteiger partial charge in [-0.1, -0.05) is 36.4 Å². The van der Waals surface area contributed by atoms with Crippen LogP contribution in [0.1, 0.15) is 17.0 Å². The molecule has 0 amide bonds. The van der Waals surface area contributed by atoms with Gasteiger partial charge < -0.3 is 15.4 Å². The summed E-state index contributed by atoms with van der Waals surface area (Å²) < 4.78 is 5.35. The molecule has 4 heteroatoms. The van der Waals surface area contributed by atoms with Crippen LogP contribution in [0.5, 0.6) is 0 Å². The molecule has 0 aliphatic heterocycles. The van der Waals surface area contributed by atoms with Gasteiger partial charge in [-0.15, -0.1) is 0 Å². The molecule has 1 atom stereocenters. The molecule has 0 radical (unpaired) electrons. The van der Waals surface area contributed by atoms with Gasteiger partial charge in [0.2, 0.25) is 0 Å². The van der Waals surface area contributed by atoms with Gasteiger partial charge in [0.15, 0.2) is 0 Å². The third-order valence-corrected chi connectivity index (χ3v) is 3.85. The molecule has 3 rings (SSSR count). The van der Waals surface area contributed by atoms with E-state index in [1.165, 1.54) is 22.0 Å². The van der Waals surface area contributed by atoms with E-state index in [2.05, 4.69) is 53.5 Å². The highest BCUT2D eigenvalue weighted by Crippen LogP contribution is 2.30. The fourth-order valence-corrected chi connectivity index (χ4v) is 2.78. The van der Waals surface area contributed by atoms with Crippen molar-refractivity contribution in [2.75, 3.05) is 6.73 Å². The first-order valence-electron chi connectivity index (χ1n) is 7.28. The van der Waals surface area contributed by atoms with E-state index in [0.717, 1.165) is 6.32 Å². The molecule has 0 aliphatic carbocycles. The van der Waals surface area contributed by atoms with Gasteiger partial charge in [0.05, 0.1) is 6.73 Å². The number of benzene rings is 2. The summed E-state index contributed by atoms with van der Waals surface area (Å²) in [5.41, 5.74) is 9.22. The highest BCUT2D eigenvalue weighted by atomic mass is 16.4. The van der Waals surface area contributed by atoms with Crippen LogP contribution in [0.3, 0.4) is 0 Å². The van der Waals surface area contributed by atoms with Gasteiger partial charge in [-0.3, -0.25) is 0 Å². The lowest BCUT2D eigenvalue weighted by atomic mass is 9.77. The summed E-state index contributed by atoms with van der Waals surface area (Å²) in [6, 6.07) is 19.3. The zero-order valence-electron chi connectivity index (χ0n) is 12.0. The molecule has 3 nitrogen and oxygen atoms in total. The molecule has 0 aliphatic rings. The van der Waals surface area contributed by atoms with Crippen LogP contribution in [0.25, 0.3) is 10.9 Å². The Morgan fingerprint density at radius 3 is 2.71 bits per heavy atom. The number of aromatic nitrogens is 1. The van der Waals surface area contributed by atoms with Crippen molar-refractivity contribution in [3.8, 4) is 0 Å². The topological polar surface area (TPSA) is 51.0 Å². The monoisotopic (exact) mass is 278 g/mol. The van der Waals surface area contributed by atoms with Crippen molar-refractivity contribution in [3.05, 3.63) is 71.9 Å². The normalized spacial score (nSPS) is 12.4. The average molecular weight is 278 g/mol. The van der Waals surface area contributed by atoms with Gasteiger partial charge in [0.25, 0.3) is 7.48 Å². The summed E-state index contributed by atoms with van der Waals surface area (Å²) in [7, 11) is 0.668. The lowest BCUT2D eigenvalue weighted by Crippen LogP contribution is -2.12. The highest BCUT2D eigenvalue weighted by molar-refractivity contribution is 6.27. The quantitative estimate of drug-likeness (QED) is 0.413. The first kappa shape index (κ1) is 13.9.